The molecule has 1 unspecified atom stereocenters. The number of aromatic nitrogens is 2. The van der Waals surface area contributed by atoms with Gasteiger partial charge in [-0.25, -0.2) is 4.98 Å². The Balaban J connectivity index is 2.38. The molecule has 2 heterocycles. The van der Waals surface area contributed by atoms with E-state index in [-0.39, 0.29) is 10.8 Å². The van der Waals surface area contributed by atoms with Crippen LogP contribution in [0.4, 0.5) is 0 Å². The quantitative estimate of drug-likeness (QED) is 0.473. The summed E-state index contributed by atoms with van der Waals surface area (Å²) in [5.41, 5.74) is 4.12. The third kappa shape index (κ3) is 3.17. The van der Waals surface area contributed by atoms with Gasteiger partial charge in [0, 0.05) is 4.88 Å². The molecule has 0 amide bonds. The van der Waals surface area contributed by atoms with Gasteiger partial charge in [-0.05, 0) is 62.9 Å². The maximum absolute atomic E-state index is 13.4. The summed E-state index contributed by atoms with van der Waals surface area (Å²) in [7, 11) is 0. The van der Waals surface area contributed by atoms with Gasteiger partial charge in [0.15, 0.2) is 5.16 Å². The summed E-state index contributed by atoms with van der Waals surface area (Å²) in [6.45, 7) is 10.0. The molecule has 4 nitrogen and oxygen atoms in total. The Bertz CT molecular complexity index is 1090. The van der Waals surface area contributed by atoms with Crippen LogP contribution in [0.25, 0.3) is 15.9 Å². The number of rotatable bonds is 4. The molecule has 0 saturated carbocycles. The average molecular weight is 384 g/mol. The fraction of sp³-hybridized carbons (Fsp3) is 0.350. The van der Waals surface area contributed by atoms with Crippen molar-refractivity contribution in [1.82, 2.24) is 9.55 Å². The molecular formula is C20H21N3OS2. The molecule has 0 fully saturated rings. The highest BCUT2D eigenvalue weighted by atomic mass is 32.2. The fourth-order valence-electron chi connectivity index (χ4n) is 2.98. The lowest BCUT2D eigenvalue weighted by Crippen LogP contribution is -2.22. The van der Waals surface area contributed by atoms with Crippen LogP contribution in [0.5, 0.6) is 0 Å². The van der Waals surface area contributed by atoms with Gasteiger partial charge < -0.3 is 0 Å². The molecule has 2 aromatic heterocycles. The number of hydrogen-bond acceptors (Lipinski definition) is 5. The van der Waals surface area contributed by atoms with E-state index in [1.54, 1.807) is 15.9 Å². The predicted octanol–water partition coefficient (Wildman–Crippen LogP) is 4.94. The number of thioether (sulfide) groups is 1. The number of benzene rings is 1. The second-order valence-corrected chi connectivity index (χ2v) is 8.87. The number of nitriles is 1. The minimum absolute atomic E-state index is 0.0490. The number of nitrogens with zero attached hydrogens (tertiary/aromatic N) is 3. The lowest BCUT2D eigenvalue weighted by Gasteiger charge is -2.14. The number of aryl methyl sites for hydroxylation is 4. The first-order chi connectivity index (χ1) is 12.4. The van der Waals surface area contributed by atoms with Gasteiger partial charge in [0.1, 0.15) is 4.83 Å². The topological polar surface area (TPSA) is 58.7 Å². The standard InChI is InChI=1S/C20H21N3OS2/c1-6-16-14(5)26-18-17(16)19(24)23(20(22-18)25-13(4)10-21)15-8-7-11(2)12(3)9-15/h7-9,13H,6H2,1-5H3. The molecule has 0 spiro atoms. The monoisotopic (exact) mass is 383 g/mol. The van der Waals surface area contributed by atoms with Gasteiger partial charge in [-0.3, -0.25) is 9.36 Å². The molecule has 6 heteroatoms. The zero-order chi connectivity index (χ0) is 19.0. The minimum atomic E-state index is -0.288. The van der Waals surface area contributed by atoms with Crippen molar-refractivity contribution in [3.63, 3.8) is 0 Å². The smallest absolute Gasteiger partial charge is 0.267 e. The summed E-state index contributed by atoms with van der Waals surface area (Å²) in [4.78, 5) is 20.1. The van der Waals surface area contributed by atoms with Crippen LogP contribution in [-0.2, 0) is 6.42 Å². The molecule has 0 saturated heterocycles. The Labute approximate surface area is 161 Å². The highest BCUT2D eigenvalue weighted by molar-refractivity contribution is 8.00. The van der Waals surface area contributed by atoms with Gasteiger partial charge in [0.2, 0.25) is 0 Å². The van der Waals surface area contributed by atoms with Crippen LogP contribution >= 0.6 is 23.1 Å². The summed E-state index contributed by atoms with van der Waals surface area (Å²) in [6, 6.07) is 8.19. The molecule has 3 aromatic rings. The van der Waals surface area contributed by atoms with Crippen LogP contribution in [0.1, 0.15) is 35.4 Å². The Morgan fingerprint density at radius 3 is 2.65 bits per heavy atom. The van der Waals surface area contributed by atoms with Gasteiger partial charge in [-0.2, -0.15) is 5.26 Å². The van der Waals surface area contributed by atoms with Crippen molar-refractivity contribution in [3.05, 3.63) is 50.1 Å². The number of fused-ring (bicyclic) bond motifs is 1. The molecular weight excluding hydrogens is 362 g/mol. The highest BCUT2D eigenvalue weighted by Crippen LogP contribution is 2.31. The molecule has 1 atom stereocenters. The third-order valence-corrected chi connectivity index (χ3v) is 6.55. The largest absolute Gasteiger partial charge is 0.268 e. The molecule has 0 aliphatic rings. The minimum Gasteiger partial charge on any atom is -0.268 e. The Morgan fingerprint density at radius 1 is 1.31 bits per heavy atom. The van der Waals surface area contributed by atoms with E-state index in [1.807, 2.05) is 45.9 Å². The van der Waals surface area contributed by atoms with Crippen LogP contribution in [0, 0.1) is 32.1 Å². The molecule has 1 aromatic carbocycles. The van der Waals surface area contributed by atoms with Crippen LogP contribution in [-0.4, -0.2) is 14.8 Å². The second kappa shape index (κ2) is 7.26. The third-order valence-electron chi connectivity index (χ3n) is 4.56. The maximum atomic E-state index is 13.4. The highest BCUT2D eigenvalue weighted by Gasteiger charge is 2.20. The van der Waals surface area contributed by atoms with Crippen molar-refractivity contribution < 1.29 is 0 Å². The first-order valence-corrected chi connectivity index (χ1v) is 10.3. The Hall–Kier alpha value is -2.10. The van der Waals surface area contributed by atoms with Crippen LogP contribution in [0.15, 0.2) is 28.2 Å². The van der Waals surface area contributed by atoms with Gasteiger partial charge in [-0.1, -0.05) is 24.8 Å². The lowest BCUT2D eigenvalue weighted by molar-refractivity contribution is 0.818. The summed E-state index contributed by atoms with van der Waals surface area (Å²) < 4.78 is 1.67. The van der Waals surface area contributed by atoms with E-state index in [0.717, 1.165) is 32.9 Å². The van der Waals surface area contributed by atoms with Crippen molar-refractivity contribution in [2.24, 2.45) is 0 Å². The molecule has 0 aliphatic heterocycles. The lowest BCUT2D eigenvalue weighted by atomic mass is 10.1. The van der Waals surface area contributed by atoms with Crippen molar-refractivity contribution in [3.8, 4) is 11.8 Å². The van der Waals surface area contributed by atoms with E-state index >= 15 is 0 Å². The zero-order valence-corrected chi connectivity index (χ0v) is 17.2. The molecule has 3 rings (SSSR count). The van der Waals surface area contributed by atoms with E-state index in [2.05, 4.69) is 13.0 Å². The summed E-state index contributed by atoms with van der Waals surface area (Å²) >= 11 is 2.88. The first-order valence-electron chi connectivity index (χ1n) is 8.56. The normalized spacial score (nSPS) is 12.3. The van der Waals surface area contributed by atoms with Gasteiger partial charge >= 0.3 is 0 Å². The zero-order valence-electron chi connectivity index (χ0n) is 15.6. The van der Waals surface area contributed by atoms with E-state index in [0.29, 0.717) is 10.5 Å². The summed E-state index contributed by atoms with van der Waals surface area (Å²) in [5.74, 6) is 0. The molecule has 0 aliphatic carbocycles. The SMILES string of the molecule is CCc1c(C)sc2nc(SC(C)C#N)n(-c3ccc(C)c(C)c3)c(=O)c12. The van der Waals surface area contributed by atoms with E-state index in [4.69, 9.17) is 4.98 Å². The Morgan fingerprint density at radius 2 is 2.04 bits per heavy atom. The molecule has 0 bridgehead atoms. The van der Waals surface area contributed by atoms with Crippen molar-refractivity contribution in [2.45, 2.75) is 51.4 Å². The molecule has 0 radical (unpaired) electrons. The van der Waals surface area contributed by atoms with Crippen LogP contribution < -0.4 is 5.56 Å². The van der Waals surface area contributed by atoms with Gasteiger partial charge in [0.05, 0.1) is 22.4 Å². The van der Waals surface area contributed by atoms with Crippen molar-refractivity contribution >= 4 is 33.3 Å². The molecule has 134 valence electrons. The maximum Gasteiger partial charge on any atom is 0.267 e. The van der Waals surface area contributed by atoms with Crippen LogP contribution in [0.3, 0.4) is 0 Å². The molecule has 0 N–H and O–H groups in total. The van der Waals surface area contributed by atoms with E-state index in [1.165, 1.54) is 17.3 Å². The fourth-order valence-corrected chi connectivity index (χ4v) is 4.95. The van der Waals surface area contributed by atoms with Gasteiger partial charge in [-0.15, -0.1) is 11.3 Å². The summed E-state index contributed by atoms with van der Waals surface area (Å²) in [5, 5.41) is 10.2. The van der Waals surface area contributed by atoms with Gasteiger partial charge in [0.25, 0.3) is 5.56 Å². The Kier molecular flexibility index (Phi) is 5.22. The predicted molar refractivity (Wildman–Crippen MR) is 110 cm³/mol. The summed E-state index contributed by atoms with van der Waals surface area (Å²) in [6.07, 6.45) is 0.802. The number of thiophene rings is 1. The second-order valence-electron chi connectivity index (χ2n) is 6.36. The van der Waals surface area contributed by atoms with E-state index < -0.39 is 0 Å². The first kappa shape index (κ1) is 18.7. The number of hydrogen-bond donors (Lipinski definition) is 0. The van der Waals surface area contributed by atoms with Crippen molar-refractivity contribution in [1.29, 1.82) is 5.26 Å². The van der Waals surface area contributed by atoms with Crippen molar-refractivity contribution in [2.75, 3.05) is 0 Å². The van der Waals surface area contributed by atoms with E-state index in [9.17, 15) is 10.1 Å². The molecule has 26 heavy (non-hydrogen) atoms. The van der Waals surface area contributed by atoms with Crippen LogP contribution in [0.2, 0.25) is 0 Å². The average Bonchev–Trinajstić information content (AvgIpc) is 2.93.